The van der Waals surface area contributed by atoms with Crippen molar-refractivity contribution in [1.82, 2.24) is 14.6 Å². The molecular weight excluding hydrogens is 342 g/mol. The van der Waals surface area contributed by atoms with Gasteiger partial charge in [0.25, 0.3) is 0 Å². The van der Waals surface area contributed by atoms with Crippen LogP contribution in [0.15, 0.2) is 48.5 Å². The molecule has 0 fully saturated rings. The summed E-state index contributed by atoms with van der Waals surface area (Å²) in [5.74, 6) is 0. The number of nitrogens with zero attached hydrogens (tertiary/aromatic N) is 3. The lowest BCUT2D eigenvalue weighted by Crippen LogP contribution is -1.97. The van der Waals surface area contributed by atoms with Crippen molar-refractivity contribution in [2.75, 3.05) is 0 Å². The molecule has 5 heteroatoms. The Morgan fingerprint density at radius 2 is 1.88 bits per heavy atom. The number of benzene rings is 2. The number of carbonyl (C=O) groups excluding carboxylic acids is 1. The minimum absolute atomic E-state index is 0.522. The van der Waals surface area contributed by atoms with E-state index in [1.807, 2.05) is 37.3 Å². The van der Waals surface area contributed by atoms with E-state index in [0.717, 1.165) is 40.2 Å². The molecule has 4 aromatic rings. The second-order valence-corrected chi connectivity index (χ2v) is 7.50. The number of aromatic nitrogens is 3. The highest BCUT2D eigenvalue weighted by molar-refractivity contribution is 7.16. The Hall–Kier alpha value is -2.79. The van der Waals surface area contributed by atoms with Crippen molar-refractivity contribution in [1.29, 1.82) is 0 Å². The van der Waals surface area contributed by atoms with Crippen LogP contribution in [0.3, 0.4) is 0 Å². The van der Waals surface area contributed by atoms with Crippen LogP contribution >= 0.6 is 11.3 Å². The van der Waals surface area contributed by atoms with E-state index in [0.29, 0.717) is 11.4 Å². The summed E-state index contributed by atoms with van der Waals surface area (Å²) in [6.07, 6.45) is 2.63. The molecule has 0 aliphatic heterocycles. The van der Waals surface area contributed by atoms with Crippen molar-refractivity contribution in [3.63, 3.8) is 0 Å². The topological polar surface area (TPSA) is 47.3 Å². The van der Waals surface area contributed by atoms with Gasteiger partial charge in [-0.05, 0) is 31.4 Å². The number of aldehydes is 1. The summed E-state index contributed by atoms with van der Waals surface area (Å²) in [6, 6.07) is 16.5. The Morgan fingerprint density at radius 3 is 2.62 bits per heavy atom. The molecule has 0 unspecified atom stereocenters. The van der Waals surface area contributed by atoms with E-state index in [2.05, 4.69) is 30.2 Å². The second-order valence-electron chi connectivity index (χ2n) is 6.46. The van der Waals surface area contributed by atoms with E-state index < -0.39 is 0 Å². The van der Waals surface area contributed by atoms with Gasteiger partial charge >= 0.3 is 0 Å². The number of imidazole rings is 1. The molecule has 0 bridgehead atoms. The number of carbonyl (C=O) groups is 1. The summed E-state index contributed by atoms with van der Waals surface area (Å²) in [6.45, 7) is 4.10. The number of hydrogen-bond acceptors (Lipinski definition) is 4. The van der Waals surface area contributed by atoms with Crippen LogP contribution in [-0.2, 0) is 12.8 Å². The van der Waals surface area contributed by atoms with Crippen LogP contribution in [0.1, 0.15) is 32.2 Å². The van der Waals surface area contributed by atoms with Gasteiger partial charge in [0.05, 0.1) is 0 Å². The monoisotopic (exact) mass is 361 g/mol. The van der Waals surface area contributed by atoms with Gasteiger partial charge in [0.1, 0.15) is 16.4 Å². The van der Waals surface area contributed by atoms with Gasteiger partial charge in [-0.25, -0.2) is 4.98 Å². The predicted molar refractivity (Wildman–Crippen MR) is 105 cm³/mol. The zero-order valence-corrected chi connectivity index (χ0v) is 15.6. The molecule has 0 radical (unpaired) electrons. The molecule has 0 aliphatic carbocycles. The van der Waals surface area contributed by atoms with Gasteiger partial charge in [-0.2, -0.15) is 9.61 Å². The number of aryl methyl sites for hydroxylation is 4. The van der Waals surface area contributed by atoms with Crippen molar-refractivity contribution < 1.29 is 4.79 Å². The van der Waals surface area contributed by atoms with Crippen LogP contribution in [0.5, 0.6) is 0 Å². The first kappa shape index (κ1) is 16.7. The van der Waals surface area contributed by atoms with E-state index in [9.17, 15) is 4.79 Å². The first-order chi connectivity index (χ1) is 12.7. The van der Waals surface area contributed by atoms with Gasteiger partial charge in [0, 0.05) is 12.0 Å². The highest BCUT2D eigenvalue weighted by Gasteiger charge is 2.18. The molecule has 2 aromatic carbocycles. The molecule has 0 saturated carbocycles. The van der Waals surface area contributed by atoms with E-state index in [1.165, 1.54) is 11.1 Å². The molecule has 2 aromatic heterocycles. The maximum atomic E-state index is 11.7. The Labute approximate surface area is 156 Å². The summed E-state index contributed by atoms with van der Waals surface area (Å²) in [7, 11) is 0. The molecule has 0 spiro atoms. The molecule has 0 atom stereocenters. The third kappa shape index (κ3) is 3.06. The van der Waals surface area contributed by atoms with Gasteiger partial charge in [-0.1, -0.05) is 65.4 Å². The molecule has 0 N–H and O–H groups in total. The van der Waals surface area contributed by atoms with Crippen LogP contribution in [0.25, 0.3) is 16.2 Å². The van der Waals surface area contributed by atoms with Crippen LogP contribution in [0.4, 0.5) is 0 Å². The predicted octanol–water partition coefficient (Wildman–Crippen LogP) is 4.67. The van der Waals surface area contributed by atoms with E-state index >= 15 is 0 Å². The molecule has 2 heterocycles. The molecule has 0 aliphatic rings. The molecule has 0 amide bonds. The van der Waals surface area contributed by atoms with Gasteiger partial charge in [0.2, 0.25) is 4.96 Å². The van der Waals surface area contributed by atoms with Crippen molar-refractivity contribution in [2.24, 2.45) is 0 Å². The Balaban J connectivity index is 1.67. The number of rotatable bonds is 5. The van der Waals surface area contributed by atoms with Crippen molar-refractivity contribution in [3.05, 3.63) is 75.9 Å². The van der Waals surface area contributed by atoms with Crippen LogP contribution in [0.2, 0.25) is 0 Å². The lowest BCUT2D eigenvalue weighted by atomic mass is 10.0. The summed E-state index contributed by atoms with van der Waals surface area (Å²) in [5, 5.41) is 5.63. The smallest absolute Gasteiger partial charge is 0.213 e. The number of fused-ring (bicyclic) bond motifs is 1. The molecule has 0 saturated heterocycles. The fourth-order valence-electron chi connectivity index (χ4n) is 3.18. The van der Waals surface area contributed by atoms with Crippen molar-refractivity contribution in [2.45, 2.75) is 26.7 Å². The highest BCUT2D eigenvalue weighted by Crippen LogP contribution is 2.29. The molecule has 26 heavy (non-hydrogen) atoms. The van der Waals surface area contributed by atoms with Gasteiger partial charge in [0.15, 0.2) is 6.29 Å². The lowest BCUT2D eigenvalue weighted by Gasteiger charge is -2.04. The minimum atomic E-state index is 0.522. The van der Waals surface area contributed by atoms with Crippen LogP contribution in [0, 0.1) is 13.8 Å². The molecular formula is C21H19N3OS. The third-order valence-electron chi connectivity index (χ3n) is 4.50. The molecule has 4 nitrogen and oxygen atoms in total. The zero-order valence-electron chi connectivity index (χ0n) is 14.8. The third-order valence-corrected chi connectivity index (χ3v) is 5.47. The Kier molecular flexibility index (Phi) is 4.39. The van der Waals surface area contributed by atoms with Crippen LogP contribution in [-0.4, -0.2) is 20.9 Å². The summed E-state index contributed by atoms with van der Waals surface area (Å²) in [4.78, 5) is 17.2. The standard InChI is InChI=1S/C21H19N3OS/c1-14-8-10-17(15(2)12-14)20-18(13-25)24-21(22-20)26-19(23-24)11-9-16-6-4-3-5-7-16/h3-8,10,12-13H,9,11H2,1-2H3. The van der Waals surface area contributed by atoms with Gasteiger partial charge in [-0.3, -0.25) is 4.79 Å². The molecule has 4 rings (SSSR count). The fourth-order valence-corrected chi connectivity index (χ4v) is 4.08. The fraction of sp³-hybridized carbons (Fsp3) is 0.190. The quantitative estimate of drug-likeness (QED) is 0.485. The summed E-state index contributed by atoms with van der Waals surface area (Å²) < 4.78 is 1.69. The van der Waals surface area contributed by atoms with Crippen molar-refractivity contribution >= 4 is 22.6 Å². The first-order valence-corrected chi connectivity index (χ1v) is 9.42. The van der Waals surface area contributed by atoms with E-state index in [1.54, 1.807) is 15.9 Å². The van der Waals surface area contributed by atoms with Gasteiger partial charge in [-0.15, -0.1) is 0 Å². The first-order valence-electron chi connectivity index (χ1n) is 8.61. The van der Waals surface area contributed by atoms with Gasteiger partial charge < -0.3 is 0 Å². The minimum Gasteiger partial charge on any atom is -0.296 e. The number of hydrogen-bond donors (Lipinski definition) is 0. The lowest BCUT2D eigenvalue weighted by molar-refractivity contribution is 0.111. The summed E-state index contributed by atoms with van der Waals surface area (Å²) in [5.41, 5.74) is 5.82. The van der Waals surface area contributed by atoms with E-state index in [4.69, 9.17) is 4.98 Å². The highest BCUT2D eigenvalue weighted by atomic mass is 32.1. The zero-order chi connectivity index (χ0) is 18.1. The maximum Gasteiger partial charge on any atom is 0.213 e. The van der Waals surface area contributed by atoms with E-state index in [-0.39, 0.29) is 0 Å². The average Bonchev–Trinajstić information content (AvgIpc) is 3.18. The summed E-state index contributed by atoms with van der Waals surface area (Å²) >= 11 is 1.55. The Bertz CT molecular complexity index is 1080. The normalized spacial score (nSPS) is 11.2. The largest absolute Gasteiger partial charge is 0.296 e. The SMILES string of the molecule is Cc1ccc(-c2nc3sc(CCc4ccccc4)nn3c2C=O)c(C)c1. The Morgan fingerprint density at radius 1 is 1.08 bits per heavy atom. The van der Waals surface area contributed by atoms with Crippen molar-refractivity contribution in [3.8, 4) is 11.3 Å². The average molecular weight is 361 g/mol. The second kappa shape index (κ2) is 6.84. The maximum absolute atomic E-state index is 11.7. The molecule has 130 valence electrons. The van der Waals surface area contributed by atoms with Crippen LogP contribution < -0.4 is 0 Å².